The number of aryl methyl sites for hydroxylation is 1. The Bertz CT molecular complexity index is 369. The predicted octanol–water partition coefficient (Wildman–Crippen LogP) is 3.32. The van der Waals surface area contributed by atoms with Crippen LogP contribution in [-0.2, 0) is 5.54 Å². The van der Waals surface area contributed by atoms with Gasteiger partial charge in [0, 0.05) is 0 Å². The van der Waals surface area contributed by atoms with E-state index in [0.717, 1.165) is 23.5 Å². The summed E-state index contributed by atoms with van der Waals surface area (Å²) >= 11 is 0. The van der Waals surface area contributed by atoms with Gasteiger partial charge in [0.25, 0.3) is 0 Å². The SMILES string of the molecule is CCC1(c2ccc(C)cc2)CC=CN1[O-]. The summed E-state index contributed by atoms with van der Waals surface area (Å²) in [4.78, 5) is 0. The van der Waals surface area contributed by atoms with Crippen LogP contribution < -0.4 is 0 Å². The van der Waals surface area contributed by atoms with E-state index in [-0.39, 0.29) is 5.54 Å². The number of benzene rings is 1. The lowest BCUT2D eigenvalue weighted by Gasteiger charge is -2.44. The van der Waals surface area contributed by atoms with Crippen molar-refractivity contribution in [3.05, 3.63) is 52.9 Å². The molecule has 1 aromatic carbocycles. The molecule has 80 valence electrons. The van der Waals surface area contributed by atoms with Crippen molar-refractivity contribution in [1.82, 2.24) is 5.06 Å². The summed E-state index contributed by atoms with van der Waals surface area (Å²) < 4.78 is 0. The quantitative estimate of drug-likeness (QED) is 0.735. The monoisotopic (exact) mass is 202 g/mol. The van der Waals surface area contributed by atoms with Gasteiger partial charge in [0.05, 0.1) is 5.54 Å². The second kappa shape index (κ2) is 3.70. The van der Waals surface area contributed by atoms with Crippen LogP contribution >= 0.6 is 0 Å². The molecule has 0 bridgehead atoms. The van der Waals surface area contributed by atoms with Crippen molar-refractivity contribution in [3.63, 3.8) is 0 Å². The molecule has 1 aliphatic heterocycles. The van der Waals surface area contributed by atoms with E-state index in [0.29, 0.717) is 0 Å². The molecule has 1 aromatic rings. The van der Waals surface area contributed by atoms with Gasteiger partial charge < -0.3 is 10.3 Å². The van der Waals surface area contributed by atoms with Crippen LogP contribution in [0.3, 0.4) is 0 Å². The van der Waals surface area contributed by atoms with Crippen molar-refractivity contribution < 1.29 is 0 Å². The fourth-order valence-electron chi connectivity index (χ4n) is 2.19. The molecule has 2 nitrogen and oxygen atoms in total. The molecule has 15 heavy (non-hydrogen) atoms. The third-order valence-corrected chi connectivity index (χ3v) is 3.29. The van der Waals surface area contributed by atoms with Crippen molar-refractivity contribution in [3.8, 4) is 0 Å². The highest BCUT2D eigenvalue weighted by Crippen LogP contribution is 2.39. The van der Waals surface area contributed by atoms with Crippen LogP contribution in [0.5, 0.6) is 0 Å². The van der Waals surface area contributed by atoms with Crippen molar-refractivity contribution in [2.45, 2.75) is 32.2 Å². The van der Waals surface area contributed by atoms with Gasteiger partial charge in [-0.1, -0.05) is 42.8 Å². The third kappa shape index (κ3) is 1.55. The minimum Gasteiger partial charge on any atom is -0.758 e. The molecule has 1 unspecified atom stereocenters. The van der Waals surface area contributed by atoms with Gasteiger partial charge in [0.15, 0.2) is 0 Å². The Hall–Kier alpha value is -1.28. The van der Waals surface area contributed by atoms with Gasteiger partial charge in [-0.05, 0) is 31.5 Å². The Labute approximate surface area is 90.8 Å². The van der Waals surface area contributed by atoms with E-state index < -0.39 is 0 Å². The molecule has 0 spiro atoms. The Balaban J connectivity index is 2.39. The maximum absolute atomic E-state index is 11.8. The normalized spacial score (nSPS) is 24.9. The summed E-state index contributed by atoms with van der Waals surface area (Å²) in [6.45, 7) is 4.13. The molecule has 0 N–H and O–H groups in total. The maximum Gasteiger partial charge on any atom is 0.0574 e. The number of nitrogens with zero attached hydrogens (tertiary/aromatic N) is 1. The molecule has 1 atom stereocenters. The Morgan fingerprint density at radius 1 is 1.33 bits per heavy atom. The summed E-state index contributed by atoms with van der Waals surface area (Å²) in [5, 5.41) is 12.9. The second-order valence-electron chi connectivity index (χ2n) is 4.17. The van der Waals surface area contributed by atoms with E-state index >= 15 is 0 Å². The van der Waals surface area contributed by atoms with Crippen LogP contribution in [0.2, 0.25) is 0 Å². The highest BCUT2D eigenvalue weighted by molar-refractivity contribution is 5.31. The van der Waals surface area contributed by atoms with E-state index in [1.165, 1.54) is 5.56 Å². The first-order valence-corrected chi connectivity index (χ1v) is 5.39. The zero-order chi connectivity index (χ0) is 10.9. The standard InChI is InChI=1S/C13H16NO/c1-3-13(9-4-10-14(13)15)12-7-5-11(2)6-8-12/h4-8,10H,3,9H2,1-2H3/q-1. The molecular weight excluding hydrogens is 186 g/mol. The Morgan fingerprint density at radius 2 is 2.00 bits per heavy atom. The molecule has 0 aliphatic carbocycles. The molecular formula is C13H16NO-. The van der Waals surface area contributed by atoms with Crippen molar-refractivity contribution in [1.29, 1.82) is 0 Å². The van der Waals surface area contributed by atoms with Crippen molar-refractivity contribution in [2.75, 3.05) is 0 Å². The lowest BCUT2D eigenvalue weighted by atomic mass is 9.85. The molecule has 1 aliphatic rings. The zero-order valence-electron chi connectivity index (χ0n) is 9.23. The summed E-state index contributed by atoms with van der Waals surface area (Å²) in [7, 11) is 0. The predicted molar refractivity (Wildman–Crippen MR) is 62.1 cm³/mol. The van der Waals surface area contributed by atoms with Crippen molar-refractivity contribution >= 4 is 0 Å². The molecule has 0 amide bonds. The molecule has 2 heteroatoms. The fraction of sp³-hybridized carbons (Fsp3) is 0.385. The maximum atomic E-state index is 11.8. The number of hydroxylamine groups is 2. The van der Waals surface area contributed by atoms with E-state index in [1.807, 2.05) is 6.08 Å². The average molecular weight is 202 g/mol. The molecule has 0 aromatic heterocycles. The topological polar surface area (TPSA) is 26.3 Å². The second-order valence-corrected chi connectivity index (χ2v) is 4.17. The highest BCUT2D eigenvalue weighted by atomic mass is 16.5. The van der Waals surface area contributed by atoms with Gasteiger partial charge in [-0.15, -0.1) is 0 Å². The van der Waals surface area contributed by atoms with Crippen molar-refractivity contribution in [2.24, 2.45) is 0 Å². The summed E-state index contributed by atoms with van der Waals surface area (Å²) in [5.74, 6) is 0. The molecule has 0 fully saturated rings. The minimum atomic E-state index is -0.353. The number of hydrogen-bond donors (Lipinski definition) is 0. The van der Waals surface area contributed by atoms with Gasteiger partial charge in [-0.25, -0.2) is 0 Å². The first-order chi connectivity index (χ1) is 7.19. The summed E-state index contributed by atoms with van der Waals surface area (Å²) in [6, 6.07) is 8.27. The summed E-state index contributed by atoms with van der Waals surface area (Å²) in [5.41, 5.74) is 2.00. The minimum absolute atomic E-state index is 0.353. The highest BCUT2D eigenvalue weighted by Gasteiger charge is 2.32. The van der Waals surface area contributed by atoms with Gasteiger partial charge in [0.1, 0.15) is 0 Å². The number of rotatable bonds is 2. The molecule has 0 saturated carbocycles. The van der Waals surface area contributed by atoms with E-state index in [4.69, 9.17) is 0 Å². The fourth-order valence-corrected chi connectivity index (χ4v) is 2.19. The van der Waals surface area contributed by atoms with Crippen LogP contribution in [0.4, 0.5) is 0 Å². The Morgan fingerprint density at radius 3 is 2.47 bits per heavy atom. The van der Waals surface area contributed by atoms with E-state index in [2.05, 4.69) is 38.1 Å². The lowest BCUT2D eigenvalue weighted by molar-refractivity contribution is 0.222. The van der Waals surface area contributed by atoms with Gasteiger partial charge >= 0.3 is 0 Å². The Kier molecular flexibility index (Phi) is 2.53. The summed E-state index contributed by atoms with van der Waals surface area (Å²) in [6.07, 6.45) is 5.25. The van der Waals surface area contributed by atoms with Gasteiger partial charge in [-0.3, -0.25) is 0 Å². The van der Waals surface area contributed by atoms with Crippen LogP contribution in [0.25, 0.3) is 0 Å². The van der Waals surface area contributed by atoms with Gasteiger partial charge in [0.2, 0.25) is 0 Å². The lowest BCUT2D eigenvalue weighted by Crippen LogP contribution is -2.35. The largest absolute Gasteiger partial charge is 0.758 e. The first kappa shape index (κ1) is 10.2. The smallest absolute Gasteiger partial charge is 0.0574 e. The number of hydrogen-bond acceptors (Lipinski definition) is 2. The van der Waals surface area contributed by atoms with Crippen LogP contribution in [-0.4, -0.2) is 5.06 Å². The average Bonchev–Trinajstić information content (AvgIpc) is 2.62. The van der Waals surface area contributed by atoms with E-state index in [1.54, 1.807) is 6.20 Å². The van der Waals surface area contributed by atoms with Crippen LogP contribution in [0.1, 0.15) is 30.9 Å². The molecule has 0 saturated heterocycles. The van der Waals surface area contributed by atoms with Gasteiger partial charge in [-0.2, -0.15) is 0 Å². The molecule has 2 rings (SSSR count). The molecule has 0 radical (unpaired) electrons. The zero-order valence-corrected chi connectivity index (χ0v) is 9.23. The van der Waals surface area contributed by atoms with Crippen LogP contribution in [0.15, 0.2) is 36.5 Å². The molecule has 1 heterocycles. The van der Waals surface area contributed by atoms with Crippen LogP contribution in [0, 0.1) is 12.1 Å². The first-order valence-electron chi connectivity index (χ1n) is 5.39. The van der Waals surface area contributed by atoms with E-state index in [9.17, 15) is 5.21 Å². The third-order valence-electron chi connectivity index (χ3n) is 3.29.